The largest absolute Gasteiger partial charge is 0.480 e. The van der Waals surface area contributed by atoms with Crippen molar-refractivity contribution in [2.75, 3.05) is 0 Å². The summed E-state index contributed by atoms with van der Waals surface area (Å²) in [6.07, 6.45) is 1.48. The number of carbonyl (C=O) groups is 1. The zero-order valence-electron chi connectivity index (χ0n) is 5.48. The van der Waals surface area contributed by atoms with Crippen LogP contribution in [0.4, 0.5) is 0 Å². The fourth-order valence-corrected chi connectivity index (χ4v) is 2.10. The number of thioether (sulfide) groups is 1. The van der Waals surface area contributed by atoms with Crippen LogP contribution in [-0.4, -0.2) is 16.2 Å². The van der Waals surface area contributed by atoms with Crippen molar-refractivity contribution in [2.45, 2.75) is 11.0 Å². The van der Waals surface area contributed by atoms with E-state index in [9.17, 15) is 4.79 Å². The number of carboxylic acids is 1. The average molecular weight is 171 g/mol. The number of carboxylic acid groups (broad SMARTS) is 1. The zero-order chi connectivity index (χ0) is 7.84. The van der Waals surface area contributed by atoms with Gasteiger partial charge in [-0.3, -0.25) is 4.79 Å². The van der Waals surface area contributed by atoms with Crippen LogP contribution >= 0.6 is 11.8 Å². The Labute approximate surface area is 66.6 Å². The molecule has 2 heterocycles. The molecule has 11 heavy (non-hydrogen) atoms. The molecule has 0 saturated heterocycles. The Bertz CT molecular complexity index is 296. The van der Waals surface area contributed by atoms with Crippen LogP contribution in [0.25, 0.3) is 0 Å². The third kappa shape index (κ3) is 0.920. The fourth-order valence-electron chi connectivity index (χ4n) is 1.05. The summed E-state index contributed by atoms with van der Waals surface area (Å²) >= 11 is 1.35. The molecule has 2 rings (SSSR count). The lowest BCUT2D eigenvalue weighted by Gasteiger charge is -1.98. The maximum atomic E-state index is 10.6. The Morgan fingerprint density at radius 3 is 3.45 bits per heavy atom. The van der Waals surface area contributed by atoms with Crippen molar-refractivity contribution in [3.63, 3.8) is 0 Å². The predicted molar refractivity (Wildman–Crippen MR) is 38.2 cm³/mol. The van der Waals surface area contributed by atoms with Crippen LogP contribution in [-0.2, 0) is 10.5 Å². The van der Waals surface area contributed by atoms with E-state index in [0.717, 1.165) is 0 Å². The van der Waals surface area contributed by atoms with Gasteiger partial charge in [-0.05, 0) is 0 Å². The minimum Gasteiger partial charge on any atom is -0.480 e. The van der Waals surface area contributed by atoms with Crippen LogP contribution in [0, 0.1) is 0 Å². The van der Waals surface area contributed by atoms with Crippen molar-refractivity contribution in [3.8, 4) is 0 Å². The first kappa shape index (κ1) is 6.72. The summed E-state index contributed by atoms with van der Waals surface area (Å²) < 4.78 is 4.82. The van der Waals surface area contributed by atoms with Gasteiger partial charge in [0.2, 0.25) is 0 Å². The molecule has 1 aliphatic rings. The molecule has 1 aromatic heterocycles. The smallest absolute Gasteiger partial charge is 0.321 e. The molecule has 1 N–H and O–H groups in total. The van der Waals surface area contributed by atoms with Gasteiger partial charge in [0, 0.05) is 5.56 Å². The van der Waals surface area contributed by atoms with Crippen LogP contribution in [0.3, 0.4) is 0 Å². The molecule has 1 aromatic rings. The van der Waals surface area contributed by atoms with Crippen molar-refractivity contribution in [3.05, 3.63) is 17.5 Å². The molecule has 0 fully saturated rings. The lowest BCUT2D eigenvalue weighted by Crippen LogP contribution is -2.03. The van der Waals surface area contributed by atoms with Crippen molar-refractivity contribution >= 4 is 17.7 Å². The van der Waals surface area contributed by atoms with Gasteiger partial charge in [0.15, 0.2) is 5.76 Å². The normalized spacial score (nSPS) is 21.6. The molecule has 1 aliphatic heterocycles. The van der Waals surface area contributed by atoms with Gasteiger partial charge in [-0.2, -0.15) is 0 Å². The van der Waals surface area contributed by atoms with E-state index in [0.29, 0.717) is 17.1 Å². The Balaban J connectivity index is 2.38. The van der Waals surface area contributed by atoms with Crippen molar-refractivity contribution in [2.24, 2.45) is 0 Å². The molecule has 0 radical (unpaired) electrons. The van der Waals surface area contributed by atoms with Crippen molar-refractivity contribution in [1.29, 1.82) is 0 Å². The lowest BCUT2D eigenvalue weighted by atomic mass is 10.2. The lowest BCUT2D eigenvalue weighted by molar-refractivity contribution is -0.136. The van der Waals surface area contributed by atoms with Gasteiger partial charge < -0.3 is 9.63 Å². The summed E-state index contributed by atoms with van der Waals surface area (Å²) in [6, 6.07) is 0. The van der Waals surface area contributed by atoms with Gasteiger partial charge in [0.25, 0.3) is 0 Å². The summed E-state index contributed by atoms with van der Waals surface area (Å²) in [5, 5.41) is 11.7. The summed E-state index contributed by atoms with van der Waals surface area (Å²) in [5.41, 5.74) is 0.711. The van der Waals surface area contributed by atoms with Crippen LogP contribution < -0.4 is 0 Å². The first-order valence-corrected chi connectivity index (χ1v) is 4.12. The molecule has 1 atom stereocenters. The van der Waals surface area contributed by atoms with E-state index in [1.807, 2.05) is 0 Å². The van der Waals surface area contributed by atoms with E-state index in [2.05, 4.69) is 5.16 Å². The van der Waals surface area contributed by atoms with Crippen LogP contribution in [0.1, 0.15) is 16.6 Å². The Kier molecular flexibility index (Phi) is 1.38. The van der Waals surface area contributed by atoms with E-state index in [1.165, 1.54) is 18.0 Å². The molecule has 0 saturated carbocycles. The summed E-state index contributed by atoms with van der Waals surface area (Å²) in [7, 11) is 0. The predicted octanol–water partition coefficient (Wildman–Crippen LogP) is 1.05. The van der Waals surface area contributed by atoms with E-state index in [-0.39, 0.29) is 0 Å². The van der Waals surface area contributed by atoms with Gasteiger partial charge in [0.1, 0.15) is 5.25 Å². The molecule has 0 amide bonds. The number of hydrogen-bond donors (Lipinski definition) is 1. The molecule has 0 spiro atoms. The second kappa shape index (κ2) is 2.27. The fraction of sp³-hybridized carbons (Fsp3) is 0.333. The number of nitrogens with zero attached hydrogens (tertiary/aromatic N) is 1. The third-order valence-electron chi connectivity index (χ3n) is 1.56. The van der Waals surface area contributed by atoms with Gasteiger partial charge in [-0.15, -0.1) is 11.8 Å². The highest BCUT2D eigenvalue weighted by Crippen LogP contribution is 2.41. The average Bonchev–Trinajstić information content (AvgIpc) is 2.41. The van der Waals surface area contributed by atoms with Gasteiger partial charge in [-0.25, -0.2) is 0 Å². The molecule has 0 aromatic carbocycles. The number of hydrogen-bond acceptors (Lipinski definition) is 4. The number of aliphatic carboxylic acids is 1. The standard InChI is InChI=1S/C6H5NO3S/c8-6(9)5-3-1-7-10-4(3)2-11-5/h1,5H,2H2,(H,8,9). The molecule has 0 aliphatic carbocycles. The molecule has 0 bridgehead atoms. The monoisotopic (exact) mass is 171 g/mol. The topological polar surface area (TPSA) is 63.3 Å². The number of aromatic nitrogens is 1. The van der Waals surface area contributed by atoms with Crippen LogP contribution in [0.5, 0.6) is 0 Å². The quantitative estimate of drug-likeness (QED) is 0.684. The minimum absolute atomic E-state index is 0.476. The second-order valence-electron chi connectivity index (χ2n) is 2.23. The summed E-state index contributed by atoms with van der Waals surface area (Å²) in [5.74, 6) is 0.492. The van der Waals surface area contributed by atoms with Gasteiger partial charge in [-0.1, -0.05) is 5.16 Å². The highest BCUT2D eigenvalue weighted by molar-refractivity contribution is 7.99. The maximum Gasteiger partial charge on any atom is 0.321 e. The third-order valence-corrected chi connectivity index (χ3v) is 2.78. The van der Waals surface area contributed by atoms with E-state index >= 15 is 0 Å². The molecule has 1 unspecified atom stereocenters. The molecule has 58 valence electrons. The first-order chi connectivity index (χ1) is 5.29. The Morgan fingerprint density at radius 2 is 2.73 bits per heavy atom. The molecular weight excluding hydrogens is 166 g/mol. The minimum atomic E-state index is -0.822. The molecule has 5 heteroatoms. The van der Waals surface area contributed by atoms with Crippen LogP contribution in [0.2, 0.25) is 0 Å². The van der Waals surface area contributed by atoms with E-state index < -0.39 is 11.2 Å². The zero-order valence-corrected chi connectivity index (χ0v) is 6.30. The van der Waals surface area contributed by atoms with Gasteiger partial charge in [0.05, 0.1) is 11.9 Å². The summed E-state index contributed by atoms with van der Waals surface area (Å²) in [6.45, 7) is 0. The Morgan fingerprint density at radius 1 is 1.91 bits per heavy atom. The maximum absolute atomic E-state index is 10.6. The first-order valence-electron chi connectivity index (χ1n) is 3.07. The van der Waals surface area contributed by atoms with Crippen LogP contribution in [0.15, 0.2) is 10.7 Å². The van der Waals surface area contributed by atoms with Crippen molar-refractivity contribution < 1.29 is 14.4 Å². The number of rotatable bonds is 1. The van der Waals surface area contributed by atoms with Gasteiger partial charge >= 0.3 is 5.97 Å². The van der Waals surface area contributed by atoms with E-state index in [4.69, 9.17) is 9.63 Å². The highest BCUT2D eigenvalue weighted by atomic mass is 32.2. The number of fused-ring (bicyclic) bond motifs is 1. The van der Waals surface area contributed by atoms with E-state index in [1.54, 1.807) is 0 Å². The summed E-state index contributed by atoms with van der Waals surface area (Å²) in [4.78, 5) is 10.6. The highest BCUT2D eigenvalue weighted by Gasteiger charge is 2.32. The SMILES string of the molecule is O=C(O)C1SCc2oncc21. The Hall–Kier alpha value is -0.970. The molecule has 4 nitrogen and oxygen atoms in total. The molecular formula is C6H5NO3S. The van der Waals surface area contributed by atoms with Crippen molar-refractivity contribution in [1.82, 2.24) is 5.16 Å². The second-order valence-corrected chi connectivity index (χ2v) is 3.33.